The zero-order valence-electron chi connectivity index (χ0n) is 9.74. The van der Waals surface area contributed by atoms with Gasteiger partial charge in [0, 0.05) is 0 Å². The Morgan fingerprint density at radius 3 is 1.00 bits per heavy atom. The molecule has 0 saturated heterocycles. The summed E-state index contributed by atoms with van der Waals surface area (Å²) in [6.07, 6.45) is 0. The van der Waals surface area contributed by atoms with Crippen molar-refractivity contribution in [3.63, 3.8) is 0 Å². The van der Waals surface area contributed by atoms with E-state index in [0.29, 0.717) is 0 Å². The molecule has 0 bridgehead atoms. The van der Waals surface area contributed by atoms with Gasteiger partial charge in [-0.3, -0.25) is 19.2 Å². The minimum absolute atomic E-state index is 0.431. The van der Waals surface area contributed by atoms with Crippen LogP contribution in [-0.4, -0.2) is 28.5 Å². The number of rotatable bonds is 6. The molecule has 0 aromatic heterocycles. The second-order valence-corrected chi connectivity index (χ2v) is 4.35. The van der Waals surface area contributed by atoms with Crippen molar-refractivity contribution in [2.75, 3.05) is 0 Å². The van der Waals surface area contributed by atoms with Gasteiger partial charge in [-0.25, -0.2) is 0 Å². The molecule has 4 nitrogen and oxygen atoms in total. The van der Waals surface area contributed by atoms with Crippen molar-refractivity contribution < 1.29 is 19.2 Å². The standard InChI is InChI=1S/C11H15ClO4/c1-5(13)9(6(2)14)11(12)10(7(3)15)8(4)16/h9-11H,1-4H3. The molecule has 0 rings (SSSR count). The fourth-order valence-electron chi connectivity index (χ4n) is 1.66. The number of carbonyl (C=O) groups excluding carboxylic acids is 4. The number of carbonyl (C=O) groups is 4. The Labute approximate surface area is 99.3 Å². The van der Waals surface area contributed by atoms with Crippen LogP contribution in [0.25, 0.3) is 0 Å². The van der Waals surface area contributed by atoms with Crippen LogP contribution in [-0.2, 0) is 19.2 Å². The van der Waals surface area contributed by atoms with E-state index in [9.17, 15) is 19.2 Å². The first-order chi connectivity index (χ1) is 7.20. The summed E-state index contributed by atoms with van der Waals surface area (Å²) in [6.45, 7) is 4.88. The lowest BCUT2D eigenvalue weighted by molar-refractivity contribution is -0.133. The van der Waals surface area contributed by atoms with Gasteiger partial charge in [0.05, 0.1) is 17.2 Å². The maximum absolute atomic E-state index is 11.2. The molecule has 0 fully saturated rings. The quantitative estimate of drug-likeness (QED) is 0.521. The lowest BCUT2D eigenvalue weighted by Crippen LogP contribution is -2.40. The average molecular weight is 247 g/mol. The van der Waals surface area contributed by atoms with Crippen molar-refractivity contribution >= 4 is 34.7 Å². The topological polar surface area (TPSA) is 68.3 Å². The first-order valence-corrected chi connectivity index (χ1v) is 5.29. The lowest BCUT2D eigenvalue weighted by Gasteiger charge is -2.22. The Morgan fingerprint density at radius 2 is 0.875 bits per heavy atom. The van der Waals surface area contributed by atoms with Crippen LogP contribution in [0.3, 0.4) is 0 Å². The second-order valence-electron chi connectivity index (χ2n) is 3.84. The second kappa shape index (κ2) is 5.89. The zero-order chi connectivity index (χ0) is 13.0. The molecular formula is C11H15ClO4. The van der Waals surface area contributed by atoms with E-state index in [1.807, 2.05) is 0 Å². The largest absolute Gasteiger partial charge is 0.299 e. The number of alkyl halides is 1. The van der Waals surface area contributed by atoms with E-state index >= 15 is 0 Å². The third kappa shape index (κ3) is 3.52. The van der Waals surface area contributed by atoms with Gasteiger partial charge in [-0.2, -0.15) is 0 Å². The molecule has 0 amide bonds. The highest BCUT2D eigenvalue weighted by molar-refractivity contribution is 6.28. The van der Waals surface area contributed by atoms with Gasteiger partial charge in [0.25, 0.3) is 0 Å². The molecule has 90 valence electrons. The van der Waals surface area contributed by atoms with Crippen LogP contribution in [0, 0.1) is 11.8 Å². The minimum atomic E-state index is -1.10. The summed E-state index contributed by atoms with van der Waals surface area (Å²) < 4.78 is 0. The van der Waals surface area contributed by atoms with Gasteiger partial charge in [0.1, 0.15) is 23.1 Å². The molecular weight excluding hydrogens is 232 g/mol. The lowest BCUT2D eigenvalue weighted by atomic mass is 9.84. The van der Waals surface area contributed by atoms with Gasteiger partial charge in [-0.05, 0) is 27.7 Å². The molecule has 0 saturated carbocycles. The van der Waals surface area contributed by atoms with Gasteiger partial charge >= 0.3 is 0 Å². The first kappa shape index (κ1) is 15.0. The highest BCUT2D eigenvalue weighted by Crippen LogP contribution is 2.23. The van der Waals surface area contributed by atoms with Crippen LogP contribution in [0.1, 0.15) is 27.7 Å². The molecule has 5 heteroatoms. The molecule has 0 unspecified atom stereocenters. The van der Waals surface area contributed by atoms with Crippen LogP contribution in [0.5, 0.6) is 0 Å². The summed E-state index contributed by atoms with van der Waals surface area (Å²) in [5.41, 5.74) is 0. The third-order valence-electron chi connectivity index (χ3n) is 2.39. The monoisotopic (exact) mass is 246 g/mol. The van der Waals surface area contributed by atoms with Gasteiger partial charge in [-0.1, -0.05) is 0 Å². The number of halogens is 1. The highest BCUT2D eigenvalue weighted by Gasteiger charge is 2.38. The van der Waals surface area contributed by atoms with Crippen molar-refractivity contribution in [1.29, 1.82) is 0 Å². The van der Waals surface area contributed by atoms with Gasteiger partial charge in [0.15, 0.2) is 0 Å². The molecule has 0 N–H and O–H groups in total. The summed E-state index contributed by atoms with van der Waals surface area (Å²) in [5, 5.41) is -1.09. The van der Waals surface area contributed by atoms with Crippen LogP contribution in [0.2, 0.25) is 0 Å². The van der Waals surface area contributed by atoms with E-state index in [1.54, 1.807) is 0 Å². The maximum Gasteiger partial charge on any atom is 0.141 e. The van der Waals surface area contributed by atoms with Crippen molar-refractivity contribution in [1.82, 2.24) is 0 Å². The van der Waals surface area contributed by atoms with E-state index < -0.39 is 40.3 Å². The Morgan fingerprint density at radius 1 is 0.688 bits per heavy atom. The third-order valence-corrected chi connectivity index (χ3v) is 2.89. The number of hydrogen-bond donors (Lipinski definition) is 0. The smallest absolute Gasteiger partial charge is 0.141 e. The molecule has 0 aliphatic carbocycles. The summed E-state index contributed by atoms with van der Waals surface area (Å²) >= 11 is 5.91. The molecule has 0 aromatic carbocycles. The van der Waals surface area contributed by atoms with E-state index in [2.05, 4.69) is 0 Å². The number of ketones is 4. The average Bonchev–Trinajstić information content (AvgIpc) is 1.99. The number of hydrogen-bond acceptors (Lipinski definition) is 4. The van der Waals surface area contributed by atoms with Crippen LogP contribution in [0.15, 0.2) is 0 Å². The van der Waals surface area contributed by atoms with Gasteiger partial charge < -0.3 is 0 Å². The fraction of sp³-hybridized carbons (Fsp3) is 0.636. The molecule has 0 radical (unpaired) electrons. The summed E-state index contributed by atoms with van der Waals surface area (Å²) in [6, 6.07) is 0. The summed E-state index contributed by atoms with van der Waals surface area (Å²) in [4.78, 5) is 45.0. The summed E-state index contributed by atoms with van der Waals surface area (Å²) in [5.74, 6) is -3.92. The highest BCUT2D eigenvalue weighted by atomic mass is 35.5. The zero-order valence-corrected chi connectivity index (χ0v) is 10.5. The van der Waals surface area contributed by atoms with Crippen molar-refractivity contribution in [3.8, 4) is 0 Å². The van der Waals surface area contributed by atoms with Crippen molar-refractivity contribution in [2.45, 2.75) is 33.1 Å². The fourth-order valence-corrected chi connectivity index (χ4v) is 2.37. The Balaban J connectivity index is 5.18. The van der Waals surface area contributed by atoms with E-state index in [-0.39, 0.29) is 0 Å². The number of Topliss-reactive ketones (excluding diaryl/α,β-unsaturated/α-hetero) is 4. The minimum Gasteiger partial charge on any atom is -0.299 e. The van der Waals surface area contributed by atoms with Crippen LogP contribution in [0.4, 0.5) is 0 Å². The molecule has 0 aliphatic rings. The molecule has 0 spiro atoms. The Kier molecular flexibility index (Phi) is 5.51. The normalized spacial score (nSPS) is 11.0. The molecule has 0 atom stereocenters. The SMILES string of the molecule is CC(=O)C(C(C)=O)C(Cl)C(C(C)=O)C(C)=O. The first-order valence-electron chi connectivity index (χ1n) is 4.86. The predicted molar refractivity (Wildman–Crippen MR) is 59.3 cm³/mol. The van der Waals surface area contributed by atoms with Crippen LogP contribution >= 0.6 is 11.6 Å². The van der Waals surface area contributed by atoms with E-state index in [0.717, 1.165) is 0 Å². The Hall–Kier alpha value is -1.03. The van der Waals surface area contributed by atoms with E-state index in [1.165, 1.54) is 27.7 Å². The van der Waals surface area contributed by atoms with Crippen LogP contribution < -0.4 is 0 Å². The maximum atomic E-state index is 11.2. The van der Waals surface area contributed by atoms with Crippen molar-refractivity contribution in [2.24, 2.45) is 11.8 Å². The summed E-state index contributed by atoms with van der Waals surface area (Å²) in [7, 11) is 0. The molecule has 0 aliphatic heterocycles. The molecule has 0 aromatic rings. The Bertz CT molecular complexity index is 275. The van der Waals surface area contributed by atoms with Gasteiger partial charge in [0.2, 0.25) is 0 Å². The predicted octanol–water partition coefficient (Wildman–Crippen LogP) is 1.18. The molecule has 16 heavy (non-hydrogen) atoms. The van der Waals surface area contributed by atoms with Crippen molar-refractivity contribution in [3.05, 3.63) is 0 Å². The molecule has 0 heterocycles. The van der Waals surface area contributed by atoms with E-state index in [4.69, 9.17) is 11.6 Å². The van der Waals surface area contributed by atoms with Gasteiger partial charge in [-0.15, -0.1) is 11.6 Å².